The van der Waals surface area contributed by atoms with Crippen LogP contribution in [-0.2, 0) is 0 Å². The second-order valence-corrected chi connectivity index (χ2v) is 6.59. The van der Waals surface area contributed by atoms with E-state index in [0.29, 0.717) is 0 Å². The Morgan fingerprint density at radius 2 is 1.36 bits per heavy atom. The van der Waals surface area contributed by atoms with E-state index in [1.54, 1.807) is 0 Å². The van der Waals surface area contributed by atoms with Crippen LogP contribution in [0.1, 0.15) is 54.4 Å². The Labute approximate surface area is 89.0 Å². The van der Waals surface area contributed by atoms with Gasteiger partial charge in [-0.3, -0.25) is 0 Å². The Kier molecular flexibility index (Phi) is 2.60. The summed E-state index contributed by atoms with van der Waals surface area (Å²) in [5.41, 5.74) is 2.04. The molecular weight excluding hydrogens is 170 g/mol. The lowest BCUT2D eigenvalue weighted by Crippen LogP contribution is -2.60. The molecule has 0 spiro atoms. The van der Waals surface area contributed by atoms with Gasteiger partial charge in [-0.05, 0) is 52.9 Å². The van der Waals surface area contributed by atoms with Crippen molar-refractivity contribution in [1.29, 1.82) is 0 Å². The van der Waals surface area contributed by atoms with Gasteiger partial charge >= 0.3 is 0 Å². The molecule has 1 saturated heterocycles. The van der Waals surface area contributed by atoms with Gasteiger partial charge in [-0.1, -0.05) is 19.1 Å². The summed E-state index contributed by atoms with van der Waals surface area (Å²) in [5, 5.41) is 3.70. The maximum absolute atomic E-state index is 4.15. The van der Waals surface area contributed by atoms with Crippen molar-refractivity contribution in [3.63, 3.8) is 0 Å². The van der Waals surface area contributed by atoms with Crippen molar-refractivity contribution in [2.45, 2.75) is 65.5 Å². The van der Waals surface area contributed by atoms with Gasteiger partial charge in [-0.2, -0.15) is 0 Å². The first-order chi connectivity index (χ1) is 6.06. The summed E-state index contributed by atoms with van der Waals surface area (Å²) in [5.74, 6) is 0. The minimum Gasteiger partial charge on any atom is -0.307 e. The van der Waals surface area contributed by atoms with Crippen LogP contribution in [0.3, 0.4) is 0 Å². The Morgan fingerprint density at radius 1 is 1.00 bits per heavy atom. The second kappa shape index (κ2) is 3.10. The number of hydrogen-bond acceptors (Lipinski definition) is 1. The van der Waals surface area contributed by atoms with Crippen LogP contribution in [0.15, 0.2) is 12.2 Å². The molecule has 0 aliphatic carbocycles. The van der Waals surface area contributed by atoms with Gasteiger partial charge < -0.3 is 5.32 Å². The molecule has 0 aromatic heterocycles. The summed E-state index contributed by atoms with van der Waals surface area (Å²) in [6.07, 6.45) is 2.36. The molecule has 1 heterocycles. The van der Waals surface area contributed by atoms with Gasteiger partial charge in [0.2, 0.25) is 0 Å². The van der Waals surface area contributed by atoms with Gasteiger partial charge in [0.05, 0.1) is 0 Å². The fourth-order valence-corrected chi connectivity index (χ4v) is 3.32. The first-order valence-corrected chi connectivity index (χ1v) is 5.52. The number of nitrogens with one attached hydrogen (secondary N) is 1. The van der Waals surface area contributed by atoms with E-state index in [-0.39, 0.29) is 16.5 Å². The van der Waals surface area contributed by atoms with Crippen LogP contribution in [-0.4, -0.2) is 11.1 Å². The summed E-state index contributed by atoms with van der Waals surface area (Å²) in [7, 11) is 0. The first-order valence-electron chi connectivity index (χ1n) is 5.52. The fourth-order valence-electron chi connectivity index (χ4n) is 3.32. The van der Waals surface area contributed by atoms with Crippen molar-refractivity contribution < 1.29 is 0 Å². The maximum Gasteiger partial charge on any atom is 0.0138 e. The van der Waals surface area contributed by atoms with E-state index < -0.39 is 0 Å². The minimum atomic E-state index is 0.218. The van der Waals surface area contributed by atoms with Crippen molar-refractivity contribution in [2.24, 2.45) is 5.41 Å². The number of rotatable bonds is 1. The SMILES string of the molecule is C=C(C)C1(C)CC(C)(C)NC(C)(C)C1. The van der Waals surface area contributed by atoms with Crippen molar-refractivity contribution >= 4 is 0 Å². The van der Waals surface area contributed by atoms with Gasteiger partial charge in [-0.15, -0.1) is 0 Å². The molecule has 0 aromatic carbocycles. The van der Waals surface area contributed by atoms with Crippen molar-refractivity contribution in [2.75, 3.05) is 0 Å². The highest BCUT2D eigenvalue weighted by atomic mass is 15.1. The molecule has 0 bridgehead atoms. The minimum absolute atomic E-state index is 0.218. The molecule has 1 heteroatoms. The third-order valence-corrected chi connectivity index (χ3v) is 3.37. The zero-order chi connectivity index (χ0) is 11.2. The summed E-state index contributed by atoms with van der Waals surface area (Å²) in [6, 6.07) is 0. The van der Waals surface area contributed by atoms with E-state index in [2.05, 4.69) is 53.4 Å². The van der Waals surface area contributed by atoms with Crippen LogP contribution in [0.5, 0.6) is 0 Å². The molecule has 1 aliphatic rings. The second-order valence-electron chi connectivity index (χ2n) is 6.59. The highest BCUT2D eigenvalue weighted by molar-refractivity contribution is 5.14. The standard InChI is InChI=1S/C13H25N/c1-10(2)13(7)8-11(3,4)14-12(5,6)9-13/h14H,1,8-9H2,2-7H3. The van der Waals surface area contributed by atoms with E-state index in [4.69, 9.17) is 0 Å². The lowest BCUT2D eigenvalue weighted by Gasteiger charge is -2.52. The van der Waals surface area contributed by atoms with Crippen LogP contribution in [0.4, 0.5) is 0 Å². The Hall–Kier alpha value is -0.300. The zero-order valence-electron chi connectivity index (χ0n) is 10.6. The molecule has 0 aromatic rings. The predicted molar refractivity (Wildman–Crippen MR) is 63.4 cm³/mol. The quantitative estimate of drug-likeness (QED) is 0.631. The molecule has 0 radical (unpaired) electrons. The van der Waals surface area contributed by atoms with Crippen molar-refractivity contribution in [1.82, 2.24) is 5.32 Å². The molecule has 1 nitrogen and oxygen atoms in total. The molecule has 0 saturated carbocycles. The molecular formula is C13H25N. The van der Waals surface area contributed by atoms with Gasteiger partial charge in [0.15, 0.2) is 0 Å². The van der Waals surface area contributed by atoms with E-state index in [0.717, 1.165) is 0 Å². The highest BCUT2D eigenvalue weighted by Gasteiger charge is 2.44. The lowest BCUT2D eigenvalue weighted by atomic mass is 9.64. The average molecular weight is 195 g/mol. The van der Waals surface area contributed by atoms with Gasteiger partial charge in [0.25, 0.3) is 0 Å². The Balaban J connectivity index is 2.97. The van der Waals surface area contributed by atoms with Gasteiger partial charge in [0.1, 0.15) is 0 Å². The molecule has 82 valence electrons. The summed E-state index contributed by atoms with van der Waals surface area (Å²) < 4.78 is 0. The van der Waals surface area contributed by atoms with E-state index in [1.807, 2.05) is 0 Å². The molecule has 1 N–H and O–H groups in total. The summed E-state index contributed by atoms with van der Waals surface area (Å²) in [4.78, 5) is 0. The normalized spacial score (nSPS) is 28.4. The van der Waals surface area contributed by atoms with Crippen LogP contribution in [0, 0.1) is 5.41 Å². The third kappa shape index (κ3) is 2.38. The molecule has 1 fully saturated rings. The fraction of sp³-hybridized carbons (Fsp3) is 0.846. The number of allylic oxidation sites excluding steroid dienone is 1. The Bertz CT molecular complexity index is 232. The van der Waals surface area contributed by atoms with Crippen LogP contribution < -0.4 is 5.32 Å². The van der Waals surface area contributed by atoms with E-state index in [9.17, 15) is 0 Å². The largest absolute Gasteiger partial charge is 0.307 e. The monoisotopic (exact) mass is 195 g/mol. The molecule has 1 rings (SSSR count). The van der Waals surface area contributed by atoms with Gasteiger partial charge in [-0.25, -0.2) is 0 Å². The maximum atomic E-state index is 4.15. The van der Waals surface area contributed by atoms with E-state index >= 15 is 0 Å². The smallest absolute Gasteiger partial charge is 0.0138 e. The van der Waals surface area contributed by atoms with Crippen LogP contribution >= 0.6 is 0 Å². The topological polar surface area (TPSA) is 12.0 Å². The third-order valence-electron chi connectivity index (χ3n) is 3.37. The number of piperidine rings is 1. The summed E-state index contributed by atoms with van der Waals surface area (Å²) in [6.45, 7) is 17.8. The van der Waals surface area contributed by atoms with Crippen molar-refractivity contribution in [3.8, 4) is 0 Å². The predicted octanol–water partition coefficient (Wildman–Crippen LogP) is 3.51. The molecule has 1 aliphatic heterocycles. The zero-order valence-corrected chi connectivity index (χ0v) is 10.6. The number of hydrogen-bond donors (Lipinski definition) is 1. The van der Waals surface area contributed by atoms with Gasteiger partial charge in [0, 0.05) is 11.1 Å². The molecule has 0 unspecified atom stereocenters. The average Bonchev–Trinajstić information content (AvgIpc) is 1.76. The molecule has 0 atom stereocenters. The Morgan fingerprint density at radius 3 is 1.64 bits per heavy atom. The van der Waals surface area contributed by atoms with Crippen LogP contribution in [0.25, 0.3) is 0 Å². The first kappa shape index (κ1) is 11.8. The molecule has 0 amide bonds. The van der Waals surface area contributed by atoms with Crippen molar-refractivity contribution in [3.05, 3.63) is 12.2 Å². The highest BCUT2D eigenvalue weighted by Crippen LogP contribution is 2.45. The van der Waals surface area contributed by atoms with E-state index in [1.165, 1.54) is 18.4 Å². The molecule has 14 heavy (non-hydrogen) atoms. The van der Waals surface area contributed by atoms with Crippen LogP contribution in [0.2, 0.25) is 0 Å². The lowest BCUT2D eigenvalue weighted by molar-refractivity contribution is 0.0859. The summed E-state index contributed by atoms with van der Waals surface area (Å²) >= 11 is 0.